The first-order valence-electron chi connectivity index (χ1n) is 6.75. The number of hydrogen-bond acceptors (Lipinski definition) is 2. The molecule has 0 radical (unpaired) electrons. The van der Waals surface area contributed by atoms with E-state index < -0.39 is 0 Å². The second-order valence-corrected chi connectivity index (χ2v) is 5.23. The number of nitrogens with two attached hydrogens (primary N) is 1. The fourth-order valence-electron chi connectivity index (χ4n) is 3.07. The number of hydrogen-bond donors (Lipinski definition) is 1. The summed E-state index contributed by atoms with van der Waals surface area (Å²) < 4.78 is 5.81. The summed E-state index contributed by atoms with van der Waals surface area (Å²) in [6.07, 6.45) is 12.3. The van der Waals surface area contributed by atoms with Crippen LogP contribution >= 0.6 is 0 Å². The average Bonchev–Trinajstić information content (AvgIpc) is 2.58. The van der Waals surface area contributed by atoms with Crippen molar-refractivity contribution < 1.29 is 4.74 Å². The summed E-state index contributed by atoms with van der Waals surface area (Å²) in [6.45, 7) is 0.936. The quantitative estimate of drug-likeness (QED) is 0.713. The zero-order valence-corrected chi connectivity index (χ0v) is 9.79. The van der Waals surface area contributed by atoms with Crippen molar-refractivity contribution in [1.82, 2.24) is 0 Å². The maximum Gasteiger partial charge on any atom is 0.0728 e. The molecule has 0 amide bonds. The molecule has 0 aromatic heterocycles. The molecular weight excluding hydrogens is 186 g/mol. The van der Waals surface area contributed by atoms with Gasteiger partial charge in [0.2, 0.25) is 0 Å². The first kappa shape index (κ1) is 11.4. The molecule has 2 heteroatoms. The molecule has 2 fully saturated rings. The Morgan fingerprint density at radius 3 is 2.13 bits per heavy atom. The topological polar surface area (TPSA) is 35.2 Å². The van der Waals surface area contributed by atoms with Gasteiger partial charge < -0.3 is 10.5 Å². The van der Waals surface area contributed by atoms with Crippen molar-refractivity contribution in [3.63, 3.8) is 0 Å². The van der Waals surface area contributed by atoms with E-state index in [1.165, 1.54) is 57.8 Å². The summed E-state index contributed by atoms with van der Waals surface area (Å²) in [4.78, 5) is 0. The van der Waals surface area contributed by atoms with Crippen molar-refractivity contribution in [3.05, 3.63) is 0 Å². The minimum Gasteiger partial charge on any atom is -0.377 e. The van der Waals surface area contributed by atoms with Crippen LogP contribution in [0.1, 0.15) is 57.8 Å². The summed E-state index contributed by atoms with van der Waals surface area (Å²) in [6, 6.07) is 0.309. The highest BCUT2D eigenvalue weighted by Gasteiger charge is 2.28. The van der Waals surface area contributed by atoms with Crippen molar-refractivity contribution in [3.8, 4) is 0 Å². The molecule has 2 nitrogen and oxygen atoms in total. The summed E-state index contributed by atoms with van der Waals surface area (Å²) in [5.41, 5.74) is 6.37. The molecule has 2 rings (SSSR count). The van der Waals surface area contributed by atoms with Gasteiger partial charge in [-0.2, -0.15) is 0 Å². The van der Waals surface area contributed by atoms with Crippen molar-refractivity contribution in [2.45, 2.75) is 69.9 Å². The Morgan fingerprint density at radius 1 is 0.867 bits per heavy atom. The van der Waals surface area contributed by atoms with Crippen LogP contribution in [0, 0.1) is 5.92 Å². The smallest absolute Gasteiger partial charge is 0.0728 e. The second-order valence-electron chi connectivity index (χ2n) is 5.23. The lowest BCUT2D eigenvalue weighted by atomic mass is 9.86. The molecular formula is C13H25NO. The molecule has 2 N–H and O–H groups in total. The third-order valence-corrected chi connectivity index (χ3v) is 4.09. The molecule has 0 aromatic carbocycles. The normalized spacial score (nSPS) is 32.2. The minimum absolute atomic E-state index is 0.309. The first-order valence-corrected chi connectivity index (χ1v) is 6.75. The van der Waals surface area contributed by atoms with Gasteiger partial charge >= 0.3 is 0 Å². The molecule has 2 aliphatic rings. The summed E-state index contributed by atoms with van der Waals surface area (Å²) >= 11 is 0. The molecule has 1 aliphatic heterocycles. The van der Waals surface area contributed by atoms with Crippen molar-refractivity contribution >= 4 is 0 Å². The third kappa shape index (κ3) is 3.18. The van der Waals surface area contributed by atoms with Gasteiger partial charge in [0.15, 0.2) is 0 Å². The van der Waals surface area contributed by atoms with Crippen LogP contribution in [0.4, 0.5) is 0 Å². The van der Waals surface area contributed by atoms with E-state index in [0.717, 1.165) is 12.5 Å². The van der Waals surface area contributed by atoms with Crippen LogP contribution in [0.5, 0.6) is 0 Å². The average molecular weight is 211 g/mol. The van der Waals surface area contributed by atoms with Gasteiger partial charge in [-0.25, -0.2) is 0 Å². The monoisotopic (exact) mass is 211 g/mol. The highest BCUT2D eigenvalue weighted by Crippen LogP contribution is 2.29. The van der Waals surface area contributed by atoms with Crippen LogP contribution < -0.4 is 5.73 Å². The van der Waals surface area contributed by atoms with Crippen LogP contribution in [0.15, 0.2) is 0 Å². The van der Waals surface area contributed by atoms with Crippen molar-refractivity contribution in [2.24, 2.45) is 11.7 Å². The lowest BCUT2D eigenvalue weighted by molar-refractivity contribution is -0.0131. The van der Waals surface area contributed by atoms with Crippen LogP contribution in [0.3, 0.4) is 0 Å². The Kier molecular flexibility index (Phi) is 4.45. The summed E-state index contributed by atoms with van der Waals surface area (Å²) in [5.74, 6) is 0.732. The fraction of sp³-hybridized carbons (Fsp3) is 1.00. The number of rotatable bonds is 2. The Morgan fingerprint density at radius 2 is 1.53 bits per heavy atom. The molecule has 2 unspecified atom stereocenters. The van der Waals surface area contributed by atoms with Gasteiger partial charge in [-0.1, -0.05) is 25.7 Å². The molecule has 1 saturated carbocycles. The Hall–Kier alpha value is -0.0800. The summed E-state index contributed by atoms with van der Waals surface area (Å²) in [7, 11) is 0. The fourth-order valence-corrected chi connectivity index (χ4v) is 3.07. The molecule has 88 valence electrons. The van der Waals surface area contributed by atoms with Crippen LogP contribution in [0.25, 0.3) is 0 Å². The van der Waals surface area contributed by atoms with E-state index in [-0.39, 0.29) is 0 Å². The van der Waals surface area contributed by atoms with E-state index in [0.29, 0.717) is 12.1 Å². The third-order valence-electron chi connectivity index (χ3n) is 4.09. The predicted molar refractivity (Wildman–Crippen MR) is 62.8 cm³/mol. The Labute approximate surface area is 93.6 Å². The Bertz CT molecular complexity index is 169. The number of ether oxygens (including phenoxy) is 1. The van der Waals surface area contributed by atoms with Gasteiger partial charge in [-0.15, -0.1) is 0 Å². The highest BCUT2D eigenvalue weighted by atomic mass is 16.5. The lowest BCUT2D eigenvalue weighted by Gasteiger charge is -2.33. The van der Waals surface area contributed by atoms with E-state index in [4.69, 9.17) is 10.5 Å². The van der Waals surface area contributed by atoms with Crippen molar-refractivity contribution in [1.29, 1.82) is 0 Å². The largest absolute Gasteiger partial charge is 0.377 e. The van der Waals surface area contributed by atoms with Crippen LogP contribution in [0.2, 0.25) is 0 Å². The van der Waals surface area contributed by atoms with E-state index in [9.17, 15) is 0 Å². The van der Waals surface area contributed by atoms with Gasteiger partial charge in [-0.3, -0.25) is 0 Å². The summed E-state index contributed by atoms with van der Waals surface area (Å²) in [5, 5.41) is 0. The van der Waals surface area contributed by atoms with E-state index in [2.05, 4.69) is 0 Å². The van der Waals surface area contributed by atoms with Crippen molar-refractivity contribution in [2.75, 3.05) is 6.61 Å². The lowest BCUT2D eigenvalue weighted by Crippen LogP contribution is -2.44. The van der Waals surface area contributed by atoms with Gasteiger partial charge in [0, 0.05) is 12.6 Å². The van der Waals surface area contributed by atoms with Crippen LogP contribution in [-0.2, 0) is 4.74 Å². The van der Waals surface area contributed by atoms with Gasteiger partial charge in [0.05, 0.1) is 6.10 Å². The van der Waals surface area contributed by atoms with Gasteiger partial charge in [-0.05, 0) is 38.0 Å². The molecule has 2 atom stereocenters. The van der Waals surface area contributed by atoms with E-state index >= 15 is 0 Å². The molecule has 1 saturated heterocycles. The highest BCUT2D eigenvalue weighted by molar-refractivity contribution is 4.83. The molecule has 1 aliphatic carbocycles. The standard InChI is InChI=1S/C13H25NO/c14-13(12-9-5-6-10-15-12)11-7-3-1-2-4-8-11/h11-13H,1-10,14H2. The zero-order chi connectivity index (χ0) is 10.5. The Balaban J connectivity index is 1.83. The SMILES string of the molecule is NC(C1CCCCCC1)C1CCCCO1. The molecule has 1 heterocycles. The predicted octanol–water partition coefficient (Wildman–Crippen LogP) is 2.85. The zero-order valence-electron chi connectivity index (χ0n) is 9.79. The van der Waals surface area contributed by atoms with E-state index in [1.807, 2.05) is 0 Å². The van der Waals surface area contributed by atoms with Crippen LogP contribution in [-0.4, -0.2) is 18.8 Å². The van der Waals surface area contributed by atoms with Gasteiger partial charge in [0.25, 0.3) is 0 Å². The minimum atomic E-state index is 0.309. The molecule has 0 spiro atoms. The molecule has 15 heavy (non-hydrogen) atoms. The maximum absolute atomic E-state index is 6.37. The van der Waals surface area contributed by atoms with E-state index in [1.54, 1.807) is 0 Å². The van der Waals surface area contributed by atoms with Gasteiger partial charge in [0.1, 0.15) is 0 Å². The molecule has 0 bridgehead atoms. The molecule has 0 aromatic rings. The second kappa shape index (κ2) is 5.86. The maximum atomic E-state index is 6.37. The first-order chi connectivity index (χ1) is 7.38.